The number of hydrogen-bond donors (Lipinski definition) is 0. The third kappa shape index (κ3) is 5.83. The van der Waals surface area contributed by atoms with Crippen molar-refractivity contribution in [2.45, 2.75) is 18.7 Å². The summed E-state index contributed by atoms with van der Waals surface area (Å²) in [5.41, 5.74) is 1.59. The summed E-state index contributed by atoms with van der Waals surface area (Å²) >= 11 is 6.26. The van der Waals surface area contributed by atoms with Gasteiger partial charge in [0, 0.05) is 28.5 Å². The van der Waals surface area contributed by atoms with Gasteiger partial charge >= 0.3 is 5.97 Å². The second-order valence-electron chi connectivity index (χ2n) is 9.70. The lowest BCUT2D eigenvalue weighted by Gasteiger charge is -2.25. The lowest BCUT2D eigenvalue weighted by atomic mass is 10.1. The summed E-state index contributed by atoms with van der Waals surface area (Å²) in [5.74, 6) is -1.41. The second-order valence-corrected chi connectivity index (χ2v) is 11.9. The van der Waals surface area contributed by atoms with E-state index in [-0.39, 0.29) is 27.4 Å². The average Bonchev–Trinajstić information content (AvgIpc) is 2.98. The van der Waals surface area contributed by atoms with Crippen LogP contribution in [0.5, 0.6) is 5.75 Å². The molecular weight excluding hydrogens is 592 g/mol. The number of nitro groups is 1. The van der Waals surface area contributed by atoms with Crippen molar-refractivity contribution in [2.75, 3.05) is 4.31 Å². The molecule has 216 valence electrons. The van der Waals surface area contributed by atoms with Gasteiger partial charge in [-0.3, -0.25) is 14.9 Å². The van der Waals surface area contributed by atoms with Crippen LogP contribution in [0.3, 0.4) is 0 Å². The van der Waals surface area contributed by atoms with Gasteiger partial charge in [0.1, 0.15) is 10.6 Å². The van der Waals surface area contributed by atoms with Crippen molar-refractivity contribution in [2.24, 2.45) is 0 Å². The standard InChI is InChI=1S/C32H23ClN2O7S/c1-20-7-11-22(12-8-20)31(36)34(43(40,41)30-19-24(35(38)39)15-16-27(30)33)28-17-18-29(26-6-4-3-5-25(26)28)42-32(37)23-13-9-21(2)10-14-23/h3-19H,1-2H3. The normalized spacial score (nSPS) is 11.2. The molecule has 0 N–H and O–H groups in total. The minimum atomic E-state index is -4.83. The van der Waals surface area contributed by atoms with Crippen LogP contribution >= 0.6 is 11.6 Å². The lowest BCUT2D eigenvalue weighted by Crippen LogP contribution is -2.37. The number of hydrogen-bond acceptors (Lipinski definition) is 7. The van der Waals surface area contributed by atoms with E-state index in [1.54, 1.807) is 60.7 Å². The molecule has 9 nitrogen and oxygen atoms in total. The molecule has 1 amide bonds. The maximum atomic E-state index is 14.2. The highest BCUT2D eigenvalue weighted by Gasteiger charge is 2.36. The number of benzene rings is 5. The number of carbonyl (C=O) groups is 2. The topological polar surface area (TPSA) is 124 Å². The molecule has 0 atom stereocenters. The molecule has 0 fully saturated rings. The molecule has 0 bridgehead atoms. The molecule has 5 rings (SSSR count). The SMILES string of the molecule is Cc1ccc(C(=O)Oc2ccc(N(C(=O)c3ccc(C)cc3)S(=O)(=O)c3cc([N+](=O)[O-])ccc3Cl)c3ccccc23)cc1. The molecule has 5 aromatic carbocycles. The largest absolute Gasteiger partial charge is 0.422 e. The Labute approximate surface area is 252 Å². The Balaban J connectivity index is 1.70. The monoisotopic (exact) mass is 614 g/mol. The van der Waals surface area contributed by atoms with Gasteiger partial charge in [0.15, 0.2) is 0 Å². The number of anilines is 1. The highest BCUT2D eigenvalue weighted by Crippen LogP contribution is 2.39. The maximum absolute atomic E-state index is 14.2. The number of nitro benzene ring substituents is 1. The highest BCUT2D eigenvalue weighted by molar-refractivity contribution is 7.93. The molecule has 5 aromatic rings. The fourth-order valence-electron chi connectivity index (χ4n) is 4.43. The minimum Gasteiger partial charge on any atom is -0.422 e. The van der Waals surface area contributed by atoms with Gasteiger partial charge in [-0.05, 0) is 56.3 Å². The molecule has 0 saturated heterocycles. The Bertz CT molecular complexity index is 2010. The van der Waals surface area contributed by atoms with Crippen LogP contribution in [0.4, 0.5) is 11.4 Å². The molecule has 43 heavy (non-hydrogen) atoms. The van der Waals surface area contributed by atoms with Crippen LogP contribution < -0.4 is 9.04 Å². The quantitative estimate of drug-likeness (QED) is 0.0817. The van der Waals surface area contributed by atoms with E-state index in [4.69, 9.17) is 16.3 Å². The molecule has 0 aliphatic rings. The van der Waals surface area contributed by atoms with Crippen LogP contribution in [0.2, 0.25) is 5.02 Å². The Morgan fingerprint density at radius 3 is 1.98 bits per heavy atom. The maximum Gasteiger partial charge on any atom is 0.343 e. The molecule has 0 radical (unpaired) electrons. The summed E-state index contributed by atoms with van der Waals surface area (Å²) in [7, 11) is -4.83. The number of nitrogens with zero attached hydrogens (tertiary/aromatic N) is 2. The van der Waals surface area contributed by atoms with E-state index in [9.17, 15) is 28.1 Å². The number of halogens is 1. The number of non-ortho nitro benzene ring substituents is 1. The second kappa shape index (κ2) is 11.7. The van der Waals surface area contributed by atoms with Crippen molar-refractivity contribution in [3.05, 3.63) is 141 Å². The average molecular weight is 615 g/mol. The van der Waals surface area contributed by atoms with Gasteiger partial charge in [0.05, 0.1) is 21.2 Å². The number of esters is 1. The predicted octanol–water partition coefficient (Wildman–Crippen LogP) is 7.27. The first kappa shape index (κ1) is 29.4. The number of rotatable bonds is 7. The molecule has 0 heterocycles. The zero-order valence-electron chi connectivity index (χ0n) is 22.9. The van der Waals surface area contributed by atoms with Crippen molar-refractivity contribution in [3.63, 3.8) is 0 Å². The summed E-state index contributed by atoms with van der Waals surface area (Å²) in [6, 6.07) is 25.3. The summed E-state index contributed by atoms with van der Waals surface area (Å²) in [4.78, 5) is 37.0. The molecule has 0 aliphatic heterocycles. The molecule has 0 unspecified atom stereocenters. The number of amides is 1. The fraction of sp³-hybridized carbons (Fsp3) is 0.0625. The van der Waals surface area contributed by atoms with E-state index in [0.29, 0.717) is 15.3 Å². The zero-order chi connectivity index (χ0) is 30.9. The molecule has 11 heteroatoms. The van der Waals surface area contributed by atoms with Crippen LogP contribution in [-0.4, -0.2) is 25.2 Å². The predicted molar refractivity (Wildman–Crippen MR) is 163 cm³/mol. The van der Waals surface area contributed by atoms with E-state index in [1.165, 1.54) is 24.3 Å². The Hall–Kier alpha value is -5.06. The van der Waals surface area contributed by atoms with E-state index < -0.39 is 37.4 Å². The van der Waals surface area contributed by atoms with Gasteiger partial charge in [0.25, 0.3) is 21.6 Å². The lowest BCUT2D eigenvalue weighted by molar-refractivity contribution is -0.385. The third-order valence-corrected chi connectivity index (χ3v) is 8.88. The first-order valence-corrected chi connectivity index (χ1v) is 14.7. The first-order chi connectivity index (χ1) is 20.5. The van der Waals surface area contributed by atoms with Crippen LogP contribution in [0.1, 0.15) is 31.8 Å². The van der Waals surface area contributed by atoms with Gasteiger partial charge in [-0.15, -0.1) is 0 Å². The van der Waals surface area contributed by atoms with Crippen molar-refractivity contribution >= 4 is 55.6 Å². The van der Waals surface area contributed by atoms with E-state index in [0.717, 1.165) is 29.3 Å². The van der Waals surface area contributed by atoms with E-state index in [2.05, 4.69) is 0 Å². The third-order valence-electron chi connectivity index (χ3n) is 6.70. The smallest absolute Gasteiger partial charge is 0.343 e. The van der Waals surface area contributed by atoms with Crippen LogP contribution in [0, 0.1) is 24.0 Å². The van der Waals surface area contributed by atoms with Crippen molar-refractivity contribution in [3.8, 4) is 5.75 Å². The Kier molecular flexibility index (Phi) is 7.99. The van der Waals surface area contributed by atoms with Crippen LogP contribution in [0.15, 0.2) is 108 Å². The summed E-state index contributed by atoms with van der Waals surface area (Å²) in [6.45, 7) is 3.70. The number of aryl methyl sites for hydroxylation is 2. The Morgan fingerprint density at radius 2 is 1.37 bits per heavy atom. The van der Waals surface area contributed by atoms with Gasteiger partial charge < -0.3 is 4.74 Å². The van der Waals surface area contributed by atoms with E-state index in [1.807, 2.05) is 13.8 Å². The molecule has 0 aromatic heterocycles. The van der Waals surface area contributed by atoms with Gasteiger partial charge in [0.2, 0.25) is 0 Å². The number of sulfonamides is 1. The minimum absolute atomic E-state index is 0.0506. The first-order valence-electron chi connectivity index (χ1n) is 12.9. The number of fused-ring (bicyclic) bond motifs is 1. The highest BCUT2D eigenvalue weighted by atomic mass is 35.5. The summed E-state index contributed by atoms with van der Waals surface area (Å²) in [5, 5.41) is 11.8. The Morgan fingerprint density at radius 1 is 0.791 bits per heavy atom. The molecular formula is C32H23ClN2O7S. The van der Waals surface area contributed by atoms with Crippen molar-refractivity contribution in [1.82, 2.24) is 0 Å². The van der Waals surface area contributed by atoms with Crippen LogP contribution in [-0.2, 0) is 10.0 Å². The van der Waals surface area contributed by atoms with E-state index >= 15 is 0 Å². The van der Waals surface area contributed by atoms with Crippen molar-refractivity contribution < 1.29 is 27.7 Å². The number of carbonyl (C=O) groups excluding carboxylic acids is 2. The zero-order valence-corrected chi connectivity index (χ0v) is 24.4. The summed E-state index contributed by atoms with van der Waals surface area (Å²) in [6.07, 6.45) is 0. The fourth-order valence-corrected chi connectivity index (χ4v) is 6.37. The van der Waals surface area contributed by atoms with Gasteiger partial charge in [-0.25, -0.2) is 13.2 Å². The van der Waals surface area contributed by atoms with Crippen LogP contribution in [0.25, 0.3) is 10.8 Å². The van der Waals surface area contributed by atoms with Gasteiger partial charge in [-0.1, -0.05) is 71.3 Å². The van der Waals surface area contributed by atoms with Gasteiger partial charge in [-0.2, -0.15) is 4.31 Å². The molecule has 0 aliphatic carbocycles. The molecule has 0 spiro atoms. The van der Waals surface area contributed by atoms with Crippen molar-refractivity contribution in [1.29, 1.82) is 0 Å². The molecule has 0 saturated carbocycles. The summed E-state index contributed by atoms with van der Waals surface area (Å²) < 4.78 is 34.7. The number of ether oxygens (including phenoxy) is 1.